The van der Waals surface area contributed by atoms with Crippen molar-refractivity contribution >= 4 is 16.0 Å². The van der Waals surface area contributed by atoms with E-state index in [1.54, 1.807) is 0 Å². The lowest BCUT2D eigenvalue weighted by atomic mass is 10.1. The first-order valence-electron chi connectivity index (χ1n) is 4.43. The molecule has 0 heterocycles. The molecule has 0 rings (SSSR count). The molecule has 0 aromatic carbocycles. The molecule has 0 spiro atoms. The lowest BCUT2D eigenvalue weighted by molar-refractivity contribution is -0.140. The van der Waals surface area contributed by atoms with Crippen molar-refractivity contribution < 1.29 is 23.1 Å². The number of nitrogens with one attached hydrogen (secondary N) is 1. The summed E-state index contributed by atoms with van der Waals surface area (Å²) in [7, 11) is -2.34. The maximum absolute atomic E-state index is 11.3. The lowest BCUT2D eigenvalue weighted by Crippen LogP contribution is -2.39. The van der Waals surface area contributed by atoms with Gasteiger partial charge in [0.25, 0.3) is 0 Å². The molecule has 0 aliphatic carbocycles. The van der Waals surface area contributed by atoms with Crippen molar-refractivity contribution in [3.05, 3.63) is 0 Å². The van der Waals surface area contributed by atoms with E-state index >= 15 is 0 Å². The second-order valence-corrected chi connectivity index (χ2v) is 5.70. The largest absolute Gasteiger partial charge is 0.469 e. The number of sulfonamides is 1. The highest BCUT2D eigenvalue weighted by molar-refractivity contribution is 7.89. The monoisotopic (exact) mass is 239 g/mol. The normalized spacial score (nSPS) is 12.5. The Balaban J connectivity index is 4.04. The van der Waals surface area contributed by atoms with E-state index in [2.05, 4.69) is 9.46 Å². The summed E-state index contributed by atoms with van der Waals surface area (Å²) < 4.78 is 29.0. The molecular formula is C8H17NO5S. The van der Waals surface area contributed by atoms with E-state index in [0.29, 0.717) is 0 Å². The molecule has 0 aliphatic heterocycles. The van der Waals surface area contributed by atoms with Gasteiger partial charge in [0.05, 0.1) is 24.9 Å². The Bertz CT molecular complexity index is 303. The summed E-state index contributed by atoms with van der Waals surface area (Å²) in [6, 6.07) is 0. The van der Waals surface area contributed by atoms with E-state index in [-0.39, 0.29) is 18.7 Å². The Morgan fingerprint density at radius 3 is 2.40 bits per heavy atom. The summed E-state index contributed by atoms with van der Waals surface area (Å²) in [5.74, 6) is -0.918. The highest BCUT2D eigenvalue weighted by atomic mass is 32.2. The van der Waals surface area contributed by atoms with Crippen LogP contribution >= 0.6 is 0 Å². The molecule has 0 aromatic heterocycles. The third kappa shape index (κ3) is 8.34. The van der Waals surface area contributed by atoms with Gasteiger partial charge in [0.15, 0.2) is 0 Å². The standard InChI is InChI=1S/C8H17NO5S/c1-8(2,11)6-9-15(12,13)5-4-7(10)14-3/h9,11H,4-6H2,1-3H3. The van der Waals surface area contributed by atoms with Crippen LogP contribution in [-0.4, -0.2) is 44.5 Å². The van der Waals surface area contributed by atoms with Crippen LogP contribution in [0.25, 0.3) is 0 Å². The van der Waals surface area contributed by atoms with Gasteiger partial charge >= 0.3 is 5.97 Å². The zero-order chi connectivity index (χ0) is 12.1. The summed E-state index contributed by atoms with van der Waals surface area (Å²) in [5, 5.41) is 9.29. The zero-order valence-electron chi connectivity index (χ0n) is 9.11. The van der Waals surface area contributed by atoms with E-state index in [9.17, 15) is 18.3 Å². The molecule has 0 aromatic rings. The fraction of sp³-hybridized carbons (Fsp3) is 0.875. The third-order valence-electron chi connectivity index (χ3n) is 1.53. The van der Waals surface area contributed by atoms with Crippen molar-refractivity contribution in [2.24, 2.45) is 0 Å². The van der Waals surface area contributed by atoms with Gasteiger partial charge in [-0.05, 0) is 13.8 Å². The van der Waals surface area contributed by atoms with Crippen LogP contribution in [0.2, 0.25) is 0 Å². The molecule has 0 saturated heterocycles. The number of hydrogen-bond donors (Lipinski definition) is 2. The molecule has 0 radical (unpaired) electrons. The van der Waals surface area contributed by atoms with Crippen LogP contribution in [0, 0.1) is 0 Å². The first-order valence-corrected chi connectivity index (χ1v) is 6.08. The van der Waals surface area contributed by atoms with Crippen molar-refractivity contribution in [3.8, 4) is 0 Å². The quantitative estimate of drug-likeness (QED) is 0.594. The first-order chi connectivity index (χ1) is 6.66. The smallest absolute Gasteiger partial charge is 0.306 e. The summed E-state index contributed by atoms with van der Waals surface area (Å²) in [5.41, 5.74) is -1.11. The number of methoxy groups -OCH3 is 1. The number of rotatable bonds is 6. The highest BCUT2D eigenvalue weighted by Crippen LogP contribution is 2.00. The number of aliphatic hydroxyl groups is 1. The summed E-state index contributed by atoms with van der Waals surface area (Å²) in [4.78, 5) is 10.7. The molecule has 0 atom stereocenters. The van der Waals surface area contributed by atoms with Crippen LogP contribution in [0.15, 0.2) is 0 Å². The highest BCUT2D eigenvalue weighted by Gasteiger charge is 2.18. The average molecular weight is 239 g/mol. The lowest BCUT2D eigenvalue weighted by Gasteiger charge is -2.17. The van der Waals surface area contributed by atoms with Gasteiger partial charge in [0.1, 0.15) is 0 Å². The van der Waals surface area contributed by atoms with Crippen LogP contribution in [0.3, 0.4) is 0 Å². The van der Waals surface area contributed by atoms with Gasteiger partial charge in [-0.2, -0.15) is 0 Å². The molecule has 0 fully saturated rings. The molecule has 90 valence electrons. The fourth-order valence-electron chi connectivity index (χ4n) is 0.678. The Kier molecular flexibility index (Phi) is 5.19. The van der Waals surface area contributed by atoms with Crippen molar-refractivity contribution in [1.82, 2.24) is 4.72 Å². The minimum absolute atomic E-state index is 0.0868. The van der Waals surface area contributed by atoms with Gasteiger partial charge in [0, 0.05) is 6.54 Å². The van der Waals surface area contributed by atoms with Gasteiger partial charge < -0.3 is 9.84 Å². The average Bonchev–Trinajstić information content (AvgIpc) is 2.10. The maximum atomic E-state index is 11.3. The van der Waals surface area contributed by atoms with Crippen LogP contribution in [-0.2, 0) is 19.6 Å². The number of ether oxygens (including phenoxy) is 1. The number of hydrogen-bond acceptors (Lipinski definition) is 5. The summed E-state index contributed by atoms with van der Waals surface area (Å²) in [6.45, 7) is 2.88. The number of esters is 1. The molecule has 0 unspecified atom stereocenters. The zero-order valence-corrected chi connectivity index (χ0v) is 9.93. The third-order valence-corrected chi connectivity index (χ3v) is 2.85. The molecule has 0 amide bonds. The Morgan fingerprint density at radius 1 is 1.47 bits per heavy atom. The van der Waals surface area contributed by atoms with Crippen LogP contribution in [0.4, 0.5) is 0 Å². The van der Waals surface area contributed by atoms with E-state index in [0.717, 1.165) is 0 Å². The molecule has 7 heteroatoms. The second kappa shape index (κ2) is 5.43. The molecule has 6 nitrogen and oxygen atoms in total. The van der Waals surface area contributed by atoms with E-state index in [1.807, 2.05) is 0 Å². The first kappa shape index (κ1) is 14.3. The molecule has 2 N–H and O–H groups in total. The predicted molar refractivity (Wildman–Crippen MR) is 54.7 cm³/mol. The van der Waals surface area contributed by atoms with E-state index < -0.39 is 21.6 Å². The van der Waals surface area contributed by atoms with E-state index in [1.165, 1.54) is 21.0 Å². The Morgan fingerprint density at radius 2 is 2.00 bits per heavy atom. The molecule has 15 heavy (non-hydrogen) atoms. The molecular weight excluding hydrogens is 222 g/mol. The fourth-order valence-corrected chi connectivity index (χ4v) is 1.83. The van der Waals surface area contributed by atoms with Gasteiger partial charge in [-0.3, -0.25) is 4.79 Å². The second-order valence-electron chi connectivity index (χ2n) is 3.78. The molecule has 0 saturated carbocycles. The number of carbonyl (C=O) groups excluding carboxylic acids is 1. The van der Waals surface area contributed by atoms with Gasteiger partial charge in [-0.15, -0.1) is 0 Å². The SMILES string of the molecule is COC(=O)CCS(=O)(=O)NCC(C)(C)O. The molecule has 0 bridgehead atoms. The predicted octanol–water partition coefficient (Wildman–Crippen LogP) is -0.760. The summed E-state index contributed by atoms with van der Waals surface area (Å²) >= 11 is 0. The molecule has 0 aliphatic rings. The summed E-state index contributed by atoms with van der Waals surface area (Å²) in [6.07, 6.45) is -0.197. The van der Waals surface area contributed by atoms with Crippen LogP contribution < -0.4 is 4.72 Å². The van der Waals surface area contributed by atoms with Crippen LogP contribution in [0.5, 0.6) is 0 Å². The van der Waals surface area contributed by atoms with Crippen molar-refractivity contribution in [1.29, 1.82) is 0 Å². The Hall–Kier alpha value is -0.660. The minimum Gasteiger partial charge on any atom is -0.469 e. The Labute approximate surface area is 89.7 Å². The van der Waals surface area contributed by atoms with E-state index in [4.69, 9.17) is 0 Å². The van der Waals surface area contributed by atoms with Crippen molar-refractivity contribution in [2.75, 3.05) is 19.4 Å². The maximum Gasteiger partial charge on any atom is 0.306 e. The number of carbonyl (C=O) groups is 1. The minimum atomic E-state index is -3.53. The van der Waals surface area contributed by atoms with Crippen molar-refractivity contribution in [2.45, 2.75) is 25.9 Å². The van der Waals surface area contributed by atoms with Crippen LogP contribution in [0.1, 0.15) is 20.3 Å². The van der Waals surface area contributed by atoms with Gasteiger partial charge in [-0.25, -0.2) is 13.1 Å². The van der Waals surface area contributed by atoms with Gasteiger partial charge in [-0.1, -0.05) is 0 Å². The van der Waals surface area contributed by atoms with Gasteiger partial charge in [0.2, 0.25) is 10.0 Å². The topological polar surface area (TPSA) is 92.7 Å². The van der Waals surface area contributed by atoms with Crippen molar-refractivity contribution in [3.63, 3.8) is 0 Å².